The summed E-state index contributed by atoms with van der Waals surface area (Å²) in [5.74, 6) is 0.568. The molecule has 5 aromatic carbocycles. The Bertz CT molecular complexity index is 1760. The topological polar surface area (TPSA) is 65.2 Å². The predicted octanol–water partition coefficient (Wildman–Crippen LogP) is 6.25. The molecule has 0 amide bonds. The minimum Gasteiger partial charge on any atom is -0.507 e. The quantitative estimate of drug-likeness (QED) is 0.122. The lowest BCUT2D eigenvalue weighted by molar-refractivity contribution is 0.390. The zero-order chi connectivity index (χ0) is 32.1. The Morgan fingerprint density at radius 1 is 0.565 bits per heavy atom. The van der Waals surface area contributed by atoms with Crippen molar-refractivity contribution in [1.29, 1.82) is 0 Å². The highest BCUT2D eigenvalue weighted by molar-refractivity contribution is 7.20. The number of aromatic hydroxyl groups is 2. The molecule has 6 rings (SSSR count). The molecule has 232 valence electrons. The Morgan fingerprint density at radius 2 is 0.978 bits per heavy atom. The molecular weight excluding hydrogens is 581 g/mol. The molecule has 0 radical (unpaired) electrons. The number of phenols is 2. The molecule has 1 aliphatic carbocycles. The van der Waals surface area contributed by atoms with Crippen molar-refractivity contribution in [3.8, 4) is 11.5 Å². The van der Waals surface area contributed by atoms with Crippen LogP contribution in [0.2, 0.25) is 0 Å². The van der Waals surface area contributed by atoms with Crippen LogP contribution < -0.4 is 20.7 Å². The van der Waals surface area contributed by atoms with Crippen LogP contribution in [0.4, 0.5) is 0 Å². The van der Waals surface area contributed by atoms with Gasteiger partial charge in [-0.3, -0.25) is 9.98 Å². The van der Waals surface area contributed by atoms with Crippen LogP contribution in [-0.2, 0) is 0 Å². The van der Waals surface area contributed by atoms with Gasteiger partial charge in [-0.15, -0.1) is 0 Å². The van der Waals surface area contributed by atoms with Crippen molar-refractivity contribution in [2.75, 3.05) is 0 Å². The van der Waals surface area contributed by atoms with Gasteiger partial charge in [-0.2, -0.15) is 0 Å². The summed E-state index contributed by atoms with van der Waals surface area (Å²) in [6.07, 6.45) is 7.77. The number of aliphatic imine (C=N–C) groups is 2. The van der Waals surface area contributed by atoms with Crippen molar-refractivity contribution >= 4 is 41.2 Å². The summed E-state index contributed by atoms with van der Waals surface area (Å²) in [6, 6.07) is 40.2. The molecule has 46 heavy (non-hydrogen) atoms. The first-order chi connectivity index (χ1) is 22.4. The molecule has 0 aromatic heterocycles. The fourth-order valence-corrected chi connectivity index (χ4v) is 12.1. The van der Waals surface area contributed by atoms with E-state index in [4.69, 9.17) is 9.98 Å². The van der Waals surface area contributed by atoms with Gasteiger partial charge >= 0.3 is 0 Å². The predicted molar refractivity (Wildman–Crippen MR) is 195 cm³/mol. The second-order valence-electron chi connectivity index (χ2n) is 12.6. The Labute approximate surface area is 273 Å². The molecule has 0 saturated heterocycles. The van der Waals surface area contributed by atoms with E-state index in [-0.39, 0.29) is 23.6 Å². The summed E-state index contributed by atoms with van der Waals surface area (Å²) in [4.78, 5) is 10.1. The Morgan fingerprint density at radius 3 is 1.43 bits per heavy atom. The number of rotatable bonds is 8. The van der Waals surface area contributed by atoms with Crippen LogP contribution in [0.15, 0.2) is 125 Å². The highest BCUT2D eigenvalue weighted by Crippen LogP contribution is 2.27. The first-order valence-corrected chi connectivity index (χ1v) is 18.2. The fourth-order valence-electron chi connectivity index (χ4n) is 7.10. The Balaban J connectivity index is 1.44. The summed E-state index contributed by atoms with van der Waals surface area (Å²) < 4.78 is 0. The zero-order valence-corrected chi connectivity index (χ0v) is 27.9. The highest BCUT2D eigenvalue weighted by atomic mass is 28.3. The third-order valence-corrected chi connectivity index (χ3v) is 14.1. The van der Waals surface area contributed by atoms with E-state index < -0.39 is 8.07 Å². The third kappa shape index (κ3) is 6.20. The fraction of sp³-hybridized carbons (Fsp3) is 0.220. The average Bonchev–Trinajstić information content (AvgIpc) is 3.08. The van der Waals surface area contributed by atoms with E-state index in [9.17, 15) is 10.2 Å². The normalized spacial score (nSPS) is 17.1. The average molecular weight is 623 g/mol. The molecule has 1 saturated carbocycles. The van der Waals surface area contributed by atoms with E-state index in [1.165, 1.54) is 15.6 Å². The number of hydrogen-bond acceptors (Lipinski definition) is 4. The molecule has 2 N–H and O–H groups in total. The van der Waals surface area contributed by atoms with Crippen LogP contribution in [0, 0.1) is 20.8 Å². The highest BCUT2D eigenvalue weighted by Gasteiger charge is 2.43. The molecule has 0 unspecified atom stereocenters. The van der Waals surface area contributed by atoms with Crippen LogP contribution in [0.25, 0.3) is 0 Å². The van der Waals surface area contributed by atoms with Gasteiger partial charge in [0.25, 0.3) is 0 Å². The first kappa shape index (κ1) is 31.2. The molecule has 0 heterocycles. The SMILES string of the molecule is Cc1cc(C)c(O)c(C=N[C@@H]2CCCC[C@H]2N=Cc2cc(C)cc([Si](c3ccccc3)(c3ccccc3)c3ccccc3)c2O)c1. The van der Waals surface area contributed by atoms with E-state index in [1.54, 1.807) is 0 Å². The summed E-state index contributed by atoms with van der Waals surface area (Å²) in [7, 11) is -2.91. The van der Waals surface area contributed by atoms with Crippen LogP contribution in [0.3, 0.4) is 0 Å². The molecular formula is C41H42N2O2Si. The van der Waals surface area contributed by atoms with Gasteiger partial charge in [0.1, 0.15) is 11.5 Å². The minimum atomic E-state index is -2.91. The molecule has 5 heteroatoms. The van der Waals surface area contributed by atoms with Crippen molar-refractivity contribution in [1.82, 2.24) is 0 Å². The largest absolute Gasteiger partial charge is 0.507 e. The Kier molecular flexibility index (Phi) is 9.32. The molecule has 0 aliphatic heterocycles. The summed E-state index contributed by atoms with van der Waals surface area (Å²) >= 11 is 0. The smallest absolute Gasteiger partial charge is 0.183 e. The lowest BCUT2D eigenvalue weighted by Gasteiger charge is -2.35. The lowest BCUT2D eigenvalue weighted by Crippen LogP contribution is -2.74. The van der Waals surface area contributed by atoms with Crippen LogP contribution >= 0.6 is 0 Å². The summed E-state index contributed by atoms with van der Waals surface area (Å²) in [5.41, 5.74) is 4.51. The first-order valence-electron chi connectivity index (χ1n) is 16.2. The minimum absolute atomic E-state index is 0.000725. The molecule has 4 nitrogen and oxygen atoms in total. The van der Waals surface area contributed by atoms with Gasteiger partial charge in [0.05, 0.1) is 12.1 Å². The molecule has 2 atom stereocenters. The summed E-state index contributed by atoms with van der Waals surface area (Å²) in [5, 5.41) is 27.5. The summed E-state index contributed by atoms with van der Waals surface area (Å²) in [6.45, 7) is 6.05. The number of phenolic OH excluding ortho intramolecular Hbond substituents is 2. The molecule has 0 spiro atoms. The standard InChI is InChI=1S/C41H42N2O2Si/c1-29-23-31(3)40(44)32(24-29)27-42-37-21-13-14-22-38(37)43-28-33-25-30(2)26-39(41(33)45)46(34-15-7-4-8-16-34,35-17-9-5-10-18-35)36-19-11-6-12-20-36/h4-12,15-20,23-28,37-38,44-45H,13-14,21-22H2,1-3H3/t37-,38-/m1/s1. The maximum atomic E-state index is 12.2. The van der Waals surface area contributed by atoms with Gasteiger partial charge in [0.15, 0.2) is 8.07 Å². The Hall–Kier alpha value is -4.74. The monoisotopic (exact) mass is 622 g/mol. The maximum Gasteiger partial charge on any atom is 0.183 e. The van der Waals surface area contributed by atoms with Crippen LogP contribution in [-0.4, -0.2) is 42.8 Å². The zero-order valence-electron chi connectivity index (χ0n) is 26.9. The van der Waals surface area contributed by atoms with E-state index in [2.05, 4.69) is 104 Å². The van der Waals surface area contributed by atoms with Crippen molar-refractivity contribution in [2.24, 2.45) is 9.98 Å². The van der Waals surface area contributed by atoms with Crippen molar-refractivity contribution < 1.29 is 10.2 Å². The van der Waals surface area contributed by atoms with Crippen molar-refractivity contribution in [2.45, 2.75) is 58.5 Å². The van der Waals surface area contributed by atoms with E-state index in [0.29, 0.717) is 0 Å². The van der Waals surface area contributed by atoms with E-state index in [0.717, 1.165) is 58.7 Å². The van der Waals surface area contributed by atoms with Crippen molar-refractivity contribution in [3.05, 3.63) is 143 Å². The van der Waals surface area contributed by atoms with Gasteiger partial charge in [0, 0.05) is 23.6 Å². The number of nitrogens with zero attached hydrogens (tertiary/aromatic N) is 2. The van der Waals surface area contributed by atoms with Gasteiger partial charge in [-0.05, 0) is 77.6 Å². The van der Waals surface area contributed by atoms with Gasteiger partial charge in [0.2, 0.25) is 0 Å². The molecule has 5 aromatic rings. The second-order valence-corrected chi connectivity index (χ2v) is 16.4. The molecule has 1 aliphatic rings. The van der Waals surface area contributed by atoms with Crippen LogP contribution in [0.1, 0.15) is 53.5 Å². The van der Waals surface area contributed by atoms with Gasteiger partial charge in [-0.1, -0.05) is 122 Å². The number of aryl methyl sites for hydroxylation is 3. The molecule has 0 bridgehead atoms. The number of hydrogen-bond donors (Lipinski definition) is 2. The second kappa shape index (κ2) is 13.7. The van der Waals surface area contributed by atoms with Crippen LogP contribution in [0.5, 0.6) is 11.5 Å². The molecule has 1 fully saturated rings. The lowest BCUT2D eigenvalue weighted by atomic mass is 9.91. The van der Waals surface area contributed by atoms with Gasteiger partial charge < -0.3 is 10.2 Å². The number of benzene rings is 5. The van der Waals surface area contributed by atoms with Gasteiger partial charge in [-0.25, -0.2) is 0 Å². The maximum absolute atomic E-state index is 12.2. The third-order valence-electron chi connectivity index (χ3n) is 9.29. The van der Waals surface area contributed by atoms with E-state index >= 15 is 0 Å². The van der Waals surface area contributed by atoms with E-state index in [1.807, 2.05) is 44.5 Å². The van der Waals surface area contributed by atoms with Crippen molar-refractivity contribution in [3.63, 3.8) is 0 Å².